The molecule has 1 amide bonds. The fourth-order valence-corrected chi connectivity index (χ4v) is 2.47. The van der Waals surface area contributed by atoms with Crippen LogP contribution in [0.25, 0.3) is 0 Å². The van der Waals surface area contributed by atoms with Crippen LogP contribution in [0.4, 0.5) is 17.2 Å². The van der Waals surface area contributed by atoms with Gasteiger partial charge in [-0.3, -0.25) is 9.48 Å². The molecule has 104 valence electrons. The summed E-state index contributed by atoms with van der Waals surface area (Å²) < 4.78 is 1.51. The van der Waals surface area contributed by atoms with Crippen molar-refractivity contribution in [2.75, 3.05) is 35.7 Å². The molecule has 0 aliphatic carbocycles. The number of aryl methyl sites for hydroxylation is 1. The van der Waals surface area contributed by atoms with Crippen molar-refractivity contribution in [2.24, 2.45) is 7.05 Å². The molecule has 2 heterocycles. The fourth-order valence-electron chi connectivity index (χ4n) is 2.47. The van der Waals surface area contributed by atoms with Gasteiger partial charge in [0.1, 0.15) is 11.4 Å². The number of amides is 1. The predicted octanol–water partition coefficient (Wildman–Crippen LogP) is 1.10. The fraction of sp³-hybridized carbons (Fsp3) is 0.286. The summed E-state index contributed by atoms with van der Waals surface area (Å²) in [7, 11) is 3.75. The third-order valence-corrected chi connectivity index (χ3v) is 3.70. The molecule has 2 aromatic rings. The largest absolute Gasteiger partial charge is 0.383 e. The number of hydrogen-bond acceptors (Lipinski definition) is 4. The van der Waals surface area contributed by atoms with Gasteiger partial charge in [-0.05, 0) is 12.1 Å². The van der Waals surface area contributed by atoms with Crippen molar-refractivity contribution in [1.82, 2.24) is 9.78 Å². The van der Waals surface area contributed by atoms with Crippen molar-refractivity contribution < 1.29 is 4.79 Å². The highest BCUT2D eigenvalue weighted by Gasteiger charge is 2.27. The van der Waals surface area contributed by atoms with E-state index in [1.54, 1.807) is 11.9 Å². The molecular formula is C14H17N5O. The number of hydrogen-bond donors (Lipinski definition) is 1. The molecule has 6 nitrogen and oxygen atoms in total. The van der Waals surface area contributed by atoms with Crippen LogP contribution in [0.2, 0.25) is 0 Å². The molecule has 1 aliphatic rings. The Hall–Kier alpha value is -2.50. The van der Waals surface area contributed by atoms with E-state index in [1.807, 2.05) is 31.3 Å². The highest BCUT2D eigenvalue weighted by molar-refractivity contribution is 6.10. The van der Waals surface area contributed by atoms with Crippen molar-refractivity contribution in [2.45, 2.75) is 0 Å². The van der Waals surface area contributed by atoms with Crippen molar-refractivity contribution >= 4 is 23.1 Å². The number of fused-ring (bicyclic) bond motifs is 1. The summed E-state index contributed by atoms with van der Waals surface area (Å²) >= 11 is 0. The first-order chi connectivity index (χ1) is 9.59. The van der Waals surface area contributed by atoms with Gasteiger partial charge in [0, 0.05) is 27.2 Å². The lowest BCUT2D eigenvalue weighted by atomic mass is 10.1. The third-order valence-electron chi connectivity index (χ3n) is 3.70. The van der Waals surface area contributed by atoms with E-state index >= 15 is 0 Å². The Morgan fingerprint density at radius 3 is 2.55 bits per heavy atom. The van der Waals surface area contributed by atoms with E-state index in [-0.39, 0.29) is 5.91 Å². The highest BCUT2D eigenvalue weighted by atomic mass is 16.2. The lowest BCUT2D eigenvalue weighted by Gasteiger charge is -2.35. The first kappa shape index (κ1) is 12.5. The minimum atomic E-state index is -0.101. The van der Waals surface area contributed by atoms with Crippen molar-refractivity contribution in [1.29, 1.82) is 0 Å². The second-order valence-electron chi connectivity index (χ2n) is 4.93. The van der Waals surface area contributed by atoms with E-state index in [0.29, 0.717) is 17.9 Å². The van der Waals surface area contributed by atoms with E-state index in [9.17, 15) is 4.79 Å². The molecule has 0 saturated heterocycles. The average molecular weight is 271 g/mol. The van der Waals surface area contributed by atoms with Crippen LogP contribution in [0.3, 0.4) is 0 Å². The molecule has 0 fully saturated rings. The maximum absolute atomic E-state index is 12.7. The van der Waals surface area contributed by atoms with Crippen molar-refractivity contribution in [3.63, 3.8) is 0 Å². The number of nitrogen functional groups attached to an aromatic ring is 1. The molecule has 1 aliphatic heterocycles. The van der Waals surface area contributed by atoms with Crippen LogP contribution in [0.1, 0.15) is 10.4 Å². The van der Waals surface area contributed by atoms with Crippen LogP contribution in [-0.2, 0) is 7.05 Å². The number of anilines is 3. The average Bonchev–Trinajstić information content (AvgIpc) is 2.79. The number of carbonyl (C=O) groups excluding carboxylic acids is 1. The van der Waals surface area contributed by atoms with Gasteiger partial charge >= 0.3 is 0 Å². The molecule has 2 N–H and O–H groups in total. The lowest BCUT2D eigenvalue weighted by Crippen LogP contribution is -2.42. The smallest absolute Gasteiger partial charge is 0.263 e. The second-order valence-corrected chi connectivity index (χ2v) is 4.93. The topological polar surface area (TPSA) is 67.4 Å². The molecule has 1 aromatic heterocycles. The Morgan fingerprint density at radius 1 is 1.20 bits per heavy atom. The molecule has 0 atom stereocenters. The summed E-state index contributed by atoms with van der Waals surface area (Å²) in [5.74, 6) is 0.294. The summed E-state index contributed by atoms with van der Waals surface area (Å²) in [4.78, 5) is 16.6. The quantitative estimate of drug-likeness (QED) is 0.843. The normalized spacial score (nSPS) is 14.3. The van der Waals surface area contributed by atoms with Crippen LogP contribution < -0.4 is 15.5 Å². The number of para-hydroxylation sites is 2. The van der Waals surface area contributed by atoms with Crippen molar-refractivity contribution in [3.8, 4) is 0 Å². The molecule has 3 rings (SSSR count). The zero-order valence-corrected chi connectivity index (χ0v) is 11.6. The van der Waals surface area contributed by atoms with E-state index in [2.05, 4.69) is 10.00 Å². The number of carbonyl (C=O) groups is 1. The van der Waals surface area contributed by atoms with Gasteiger partial charge in [-0.25, -0.2) is 0 Å². The van der Waals surface area contributed by atoms with Gasteiger partial charge in [-0.15, -0.1) is 0 Å². The first-order valence-electron chi connectivity index (χ1n) is 6.49. The number of rotatable bonds is 1. The monoisotopic (exact) mass is 271 g/mol. The Bertz CT molecular complexity index is 663. The number of likely N-dealkylation sites (N-methyl/N-ethyl adjacent to an activating group) is 1. The molecule has 0 saturated carbocycles. The molecule has 0 bridgehead atoms. The van der Waals surface area contributed by atoms with Gasteiger partial charge in [-0.2, -0.15) is 5.10 Å². The SMILES string of the molecule is CN1CCN(C(=O)c2cnn(C)c2N)c2ccccc21. The summed E-state index contributed by atoms with van der Waals surface area (Å²) in [6.07, 6.45) is 1.53. The van der Waals surface area contributed by atoms with Crippen LogP contribution in [0.5, 0.6) is 0 Å². The standard InChI is InChI=1S/C14H17N5O/c1-17-7-8-19(12-6-4-3-5-11(12)17)14(20)10-9-16-18(2)13(10)15/h3-6,9H,7-8,15H2,1-2H3. The van der Waals surface area contributed by atoms with Crippen LogP contribution in [0, 0.1) is 0 Å². The number of benzene rings is 1. The first-order valence-corrected chi connectivity index (χ1v) is 6.49. The van der Waals surface area contributed by atoms with Crippen molar-refractivity contribution in [3.05, 3.63) is 36.0 Å². The minimum Gasteiger partial charge on any atom is -0.383 e. The Labute approximate surface area is 117 Å². The van der Waals surface area contributed by atoms with Gasteiger partial charge in [-0.1, -0.05) is 12.1 Å². The molecule has 0 spiro atoms. The molecular weight excluding hydrogens is 254 g/mol. The van der Waals surface area contributed by atoms with Gasteiger partial charge < -0.3 is 15.5 Å². The molecule has 0 radical (unpaired) electrons. The van der Waals surface area contributed by atoms with E-state index < -0.39 is 0 Å². The highest BCUT2D eigenvalue weighted by Crippen LogP contribution is 2.33. The summed E-state index contributed by atoms with van der Waals surface area (Å²) in [6.45, 7) is 1.43. The maximum Gasteiger partial charge on any atom is 0.263 e. The van der Waals surface area contributed by atoms with E-state index in [1.165, 1.54) is 10.9 Å². The van der Waals surface area contributed by atoms with Gasteiger partial charge in [0.25, 0.3) is 5.91 Å². The second kappa shape index (κ2) is 4.56. The maximum atomic E-state index is 12.7. The van der Waals surface area contributed by atoms with Crippen LogP contribution in [-0.4, -0.2) is 35.8 Å². The molecule has 20 heavy (non-hydrogen) atoms. The van der Waals surface area contributed by atoms with Crippen LogP contribution >= 0.6 is 0 Å². The molecule has 6 heteroatoms. The zero-order chi connectivity index (χ0) is 14.3. The third kappa shape index (κ3) is 1.80. The summed E-state index contributed by atoms with van der Waals surface area (Å²) in [5.41, 5.74) is 8.31. The van der Waals surface area contributed by atoms with Gasteiger partial charge in [0.2, 0.25) is 0 Å². The Kier molecular flexibility index (Phi) is 2.85. The van der Waals surface area contributed by atoms with E-state index in [0.717, 1.165) is 17.9 Å². The zero-order valence-electron chi connectivity index (χ0n) is 11.6. The van der Waals surface area contributed by atoms with Crippen LogP contribution in [0.15, 0.2) is 30.5 Å². The Balaban J connectivity index is 2.02. The van der Waals surface area contributed by atoms with Gasteiger partial charge in [0.05, 0.1) is 17.6 Å². The lowest BCUT2D eigenvalue weighted by molar-refractivity contribution is 0.0987. The summed E-state index contributed by atoms with van der Waals surface area (Å²) in [5, 5.41) is 4.04. The number of nitrogens with zero attached hydrogens (tertiary/aromatic N) is 4. The summed E-state index contributed by atoms with van der Waals surface area (Å²) in [6, 6.07) is 7.88. The van der Waals surface area contributed by atoms with Gasteiger partial charge in [0.15, 0.2) is 0 Å². The number of nitrogens with two attached hydrogens (primary N) is 1. The predicted molar refractivity (Wildman–Crippen MR) is 79.0 cm³/mol. The van der Waals surface area contributed by atoms with E-state index in [4.69, 9.17) is 5.73 Å². The molecule has 0 unspecified atom stereocenters. The molecule has 1 aromatic carbocycles. The Morgan fingerprint density at radius 2 is 1.90 bits per heavy atom. The number of aromatic nitrogens is 2. The minimum absolute atomic E-state index is 0.101.